The first-order valence-corrected chi connectivity index (χ1v) is 12.3. The van der Waals surface area contributed by atoms with Crippen molar-refractivity contribution in [3.8, 4) is 0 Å². The van der Waals surface area contributed by atoms with E-state index in [-0.39, 0.29) is 29.0 Å². The van der Waals surface area contributed by atoms with Crippen LogP contribution in [-0.4, -0.2) is 24.9 Å². The highest BCUT2D eigenvalue weighted by Gasteiger charge is 2.24. The molecule has 8 nitrogen and oxygen atoms in total. The van der Waals surface area contributed by atoms with E-state index in [0.717, 1.165) is 31.2 Å². The number of benzene rings is 2. The molecule has 32 heavy (non-hydrogen) atoms. The number of rotatable bonds is 7. The highest BCUT2D eigenvalue weighted by molar-refractivity contribution is 7.89. The minimum absolute atomic E-state index is 0.0347. The van der Waals surface area contributed by atoms with Crippen LogP contribution >= 0.6 is 0 Å². The Bertz CT molecular complexity index is 1280. The number of carbonyl (C=O) groups excluding carboxylic acids is 1. The summed E-state index contributed by atoms with van der Waals surface area (Å²) < 4.78 is 34.5. The average molecular weight is 458 g/mol. The second kappa shape index (κ2) is 8.91. The number of fused-ring (bicyclic) bond motifs is 1. The van der Waals surface area contributed by atoms with Crippen molar-refractivity contribution in [1.82, 2.24) is 9.29 Å². The standard InChI is InChI=1S/C23H27N3O5S/c1-15(2)16-7-9-17(10-8-16)24-22(27)14-26-20-12-11-19(13-21(20)31-23(26)28)32(29,30)25-18-5-3-4-6-18/h7-13,15,18,25H,3-6,14H2,1-2H3,(H,24,27). The van der Waals surface area contributed by atoms with E-state index >= 15 is 0 Å². The van der Waals surface area contributed by atoms with E-state index in [9.17, 15) is 18.0 Å². The van der Waals surface area contributed by atoms with Gasteiger partial charge >= 0.3 is 5.76 Å². The molecule has 1 amide bonds. The van der Waals surface area contributed by atoms with Crippen molar-refractivity contribution < 1.29 is 17.6 Å². The van der Waals surface area contributed by atoms with Gasteiger partial charge in [0.1, 0.15) is 6.54 Å². The molecule has 170 valence electrons. The molecule has 0 saturated heterocycles. The van der Waals surface area contributed by atoms with Crippen LogP contribution in [0.3, 0.4) is 0 Å². The number of amides is 1. The van der Waals surface area contributed by atoms with Crippen molar-refractivity contribution in [1.29, 1.82) is 0 Å². The molecular formula is C23H27N3O5S. The van der Waals surface area contributed by atoms with E-state index in [1.54, 1.807) is 0 Å². The predicted molar refractivity (Wildman–Crippen MR) is 122 cm³/mol. The third-order valence-electron chi connectivity index (χ3n) is 5.79. The Morgan fingerprint density at radius 3 is 2.47 bits per heavy atom. The van der Waals surface area contributed by atoms with Gasteiger partial charge < -0.3 is 9.73 Å². The van der Waals surface area contributed by atoms with E-state index in [1.807, 2.05) is 24.3 Å². The first kappa shape index (κ1) is 22.3. The van der Waals surface area contributed by atoms with Crippen LogP contribution in [-0.2, 0) is 21.4 Å². The minimum atomic E-state index is -3.71. The lowest BCUT2D eigenvalue weighted by molar-refractivity contribution is -0.116. The molecule has 1 aliphatic carbocycles. The van der Waals surface area contributed by atoms with Gasteiger partial charge in [0.05, 0.1) is 10.4 Å². The Hall–Kier alpha value is -2.91. The van der Waals surface area contributed by atoms with Crippen LogP contribution in [0.1, 0.15) is 51.0 Å². The molecule has 1 saturated carbocycles. The zero-order valence-corrected chi connectivity index (χ0v) is 18.9. The molecule has 1 aliphatic rings. The van der Waals surface area contributed by atoms with Crippen LogP contribution in [0.2, 0.25) is 0 Å². The lowest BCUT2D eigenvalue weighted by Crippen LogP contribution is -2.32. The number of nitrogens with one attached hydrogen (secondary N) is 2. The van der Waals surface area contributed by atoms with Gasteiger partial charge in [-0.3, -0.25) is 9.36 Å². The molecule has 0 bridgehead atoms. The van der Waals surface area contributed by atoms with E-state index in [1.165, 1.54) is 22.8 Å². The molecule has 0 aliphatic heterocycles. The van der Waals surface area contributed by atoms with Crippen molar-refractivity contribution >= 4 is 32.7 Å². The molecule has 9 heteroatoms. The molecule has 1 fully saturated rings. The molecular weight excluding hydrogens is 430 g/mol. The summed E-state index contributed by atoms with van der Waals surface area (Å²) in [4.78, 5) is 24.9. The topological polar surface area (TPSA) is 110 Å². The fraction of sp³-hybridized carbons (Fsp3) is 0.391. The molecule has 2 N–H and O–H groups in total. The summed E-state index contributed by atoms with van der Waals surface area (Å²) in [5.41, 5.74) is 2.28. The van der Waals surface area contributed by atoms with Gasteiger partial charge in [-0.1, -0.05) is 38.8 Å². The number of oxazole rings is 1. The number of aromatic nitrogens is 1. The van der Waals surface area contributed by atoms with Crippen LogP contribution < -0.4 is 15.8 Å². The molecule has 1 heterocycles. The normalized spacial score (nSPS) is 15.0. The Morgan fingerprint density at radius 2 is 1.81 bits per heavy atom. The fourth-order valence-corrected chi connectivity index (χ4v) is 5.31. The van der Waals surface area contributed by atoms with Crippen LogP contribution in [0.15, 0.2) is 56.6 Å². The van der Waals surface area contributed by atoms with Crippen LogP contribution in [0, 0.1) is 0 Å². The summed E-state index contributed by atoms with van der Waals surface area (Å²) in [5, 5.41) is 2.77. The predicted octanol–water partition coefficient (Wildman–Crippen LogP) is 3.58. The Morgan fingerprint density at radius 1 is 1.12 bits per heavy atom. The second-order valence-electron chi connectivity index (χ2n) is 8.51. The summed E-state index contributed by atoms with van der Waals surface area (Å²) in [7, 11) is -3.71. The van der Waals surface area contributed by atoms with Gasteiger partial charge in [-0.15, -0.1) is 0 Å². The molecule has 0 radical (unpaired) electrons. The summed E-state index contributed by atoms with van der Waals surface area (Å²) >= 11 is 0. The third kappa shape index (κ3) is 4.78. The number of anilines is 1. The Kier molecular flexibility index (Phi) is 6.21. The lowest BCUT2D eigenvalue weighted by Gasteiger charge is -2.12. The van der Waals surface area contributed by atoms with Gasteiger partial charge in [0.2, 0.25) is 15.9 Å². The Labute approximate surface area is 186 Å². The van der Waals surface area contributed by atoms with E-state index in [2.05, 4.69) is 23.9 Å². The van der Waals surface area contributed by atoms with Crippen LogP contribution in [0.5, 0.6) is 0 Å². The number of carbonyl (C=O) groups is 1. The average Bonchev–Trinajstić information content (AvgIpc) is 3.35. The van der Waals surface area contributed by atoms with Crippen molar-refractivity contribution in [2.45, 2.75) is 62.9 Å². The number of hydrogen-bond donors (Lipinski definition) is 2. The minimum Gasteiger partial charge on any atom is -0.408 e. The van der Waals surface area contributed by atoms with Crippen molar-refractivity contribution in [2.75, 3.05) is 5.32 Å². The quantitative estimate of drug-likeness (QED) is 0.563. The van der Waals surface area contributed by atoms with Crippen molar-refractivity contribution in [2.24, 2.45) is 0 Å². The molecule has 3 aromatic rings. The maximum absolute atomic E-state index is 12.7. The Balaban J connectivity index is 1.51. The lowest BCUT2D eigenvalue weighted by atomic mass is 10.0. The van der Waals surface area contributed by atoms with E-state index < -0.39 is 15.8 Å². The SMILES string of the molecule is CC(C)c1ccc(NC(=O)Cn2c(=O)oc3cc(S(=O)(=O)NC4CCCC4)ccc32)cc1. The molecule has 1 aromatic heterocycles. The van der Waals surface area contributed by atoms with Gasteiger partial charge in [-0.25, -0.2) is 17.9 Å². The summed E-state index contributed by atoms with van der Waals surface area (Å²) in [6.07, 6.45) is 3.66. The molecule has 2 aromatic carbocycles. The third-order valence-corrected chi connectivity index (χ3v) is 7.31. The summed E-state index contributed by atoms with van der Waals surface area (Å²) in [6.45, 7) is 3.93. The maximum atomic E-state index is 12.7. The first-order valence-electron chi connectivity index (χ1n) is 10.8. The van der Waals surface area contributed by atoms with Gasteiger partial charge in [-0.05, 0) is 48.6 Å². The number of nitrogens with zero attached hydrogens (tertiary/aromatic N) is 1. The first-order chi connectivity index (χ1) is 15.2. The number of hydrogen-bond acceptors (Lipinski definition) is 5. The molecule has 0 spiro atoms. The smallest absolute Gasteiger partial charge is 0.408 e. The van der Waals surface area contributed by atoms with Gasteiger partial charge in [0.15, 0.2) is 5.58 Å². The second-order valence-corrected chi connectivity index (χ2v) is 10.2. The monoisotopic (exact) mass is 457 g/mol. The van der Waals surface area contributed by atoms with Crippen LogP contribution in [0.4, 0.5) is 5.69 Å². The van der Waals surface area contributed by atoms with Gasteiger partial charge in [0.25, 0.3) is 0 Å². The zero-order chi connectivity index (χ0) is 22.9. The largest absolute Gasteiger partial charge is 0.420 e. The molecule has 0 atom stereocenters. The highest BCUT2D eigenvalue weighted by atomic mass is 32.2. The van der Waals surface area contributed by atoms with Crippen molar-refractivity contribution in [3.63, 3.8) is 0 Å². The fourth-order valence-electron chi connectivity index (χ4n) is 3.99. The van der Waals surface area contributed by atoms with Crippen LogP contribution in [0.25, 0.3) is 11.1 Å². The summed E-state index contributed by atoms with van der Waals surface area (Å²) in [5.74, 6) is -0.715. The maximum Gasteiger partial charge on any atom is 0.420 e. The van der Waals surface area contributed by atoms with Gasteiger partial charge in [-0.2, -0.15) is 0 Å². The molecule has 4 rings (SSSR count). The number of sulfonamides is 1. The summed E-state index contributed by atoms with van der Waals surface area (Å²) in [6, 6.07) is 11.7. The highest BCUT2D eigenvalue weighted by Crippen LogP contribution is 2.23. The van der Waals surface area contributed by atoms with Crippen molar-refractivity contribution in [3.05, 3.63) is 58.6 Å². The van der Waals surface area contributed by atoms with E-state index in [4.69, 9.17) is 4.42 Å². The zero-order valence-electron chi connectivity index (χ0n) is 18.1. The molecule has 0 unspecified atom stereocenters. The van der Waals surface area contributed by atoms with E-state index in [0.29, 0.717) is 17.1 Å². The van der Waals surface area contributed by atoms with Gasteiger partial charge in [0, 0.05) is 17.8 Å².